The van der Waals surface area contributed by atoms with Crippen LogP contribution in [0.5, 0.6) is 0 Å². The van der Waals surface area contributed by atoms with Gasteiger partial charge in [0.15, 0.2) is 0 Å². The molecule has 0 amide bonds. The maximum Gasteiger partial charge on any atom is 0.0490 e. The second-order valence-electron chi connectivity index (χ2n) is 12.4. The van der Waals surface area contributed by atoms with E-state index in [9.17, 15) is 0 Å². The summed E-state index contributed by atoms with van der Waals surface area (Å²) in [6, 6.07) is 26.4. The van der Waals surface area contributed by atoms with Gasteiger partial charge in [0.2, 0.25) is 0 Å². The topological polar surface area (TPSA) is 3.24 Å². The molecule has 0 atom stereocenters. The summed E-state index contributed by atoms with van der Waals surface area (Å²) in [7, 11) is 0. The first kappa shape index (κ1) is 33.2. The summed E-state index contributed by atoms with van der Waals surface area (Å²) in [6.07, 6.45) is 31.5. The van der Waals surface area contributed by atoms with E-state index in [1.165, 1.54) is 163 Å². The molecule has 3 rings (SSSR count). The Kier molecular flexibility index (Phi) is 18.1. The van der Waals surface area contributed by atoms with Gasteiger partial charge in [-0.2, -0.15) is 0 Å². The molecule has 0 bridgehead atoms. The Morgan fingerprint density at radius 2 is 0.805 bits per heavy atom. The van der Waals surface area contributed by atoms with Crippen LogP contribution in [0.15, 0.2) is 72.8 Å². The number of rotatable bonds is 25. The number of fused-ring (bicyclic) bond motifs is 1. The van der Waals surface area contributed by atoms with Crippen LogP contribution in [0.2, 0.25) is 0 Å². The zero-order valence-corrected chi connectivity index (χ0v) is 26.6. The fourth-order valence-electron chi connectivity index (χ4n) is 6.32. The average Bonchev–Trinajstić information content (AvgIpc) is 3.02. The van der Waals surface area contributed by atoms with E-state index in [2.05, 4.69) is 84.6 Å². The molecule has 0 spiro atoms. The highest BCUT2D eigenvalue weighted by Crippen LogP contribution is 2.32. The number of anilines is 2. The van der Waals surface area contributed by atoms with Crippen LogP contribution in [-0.2, 0) is 0 Å². The Balaban J connectivity index is 1.16. The third-order valence-corrected chi connectivity index (χ3v) is 8.86. The van der Waals surface area contributed by atoms with Crippen molar-refractivity contribution < 1.29 is 0 Å². The molecule has 41 heavy (non-hydrogen) atoms. The first-order valence-electron chi connectivity index (χ1n) is 17.7. The molecule has 0 aliphatic rings. The number of hydrogen-bond acceptors (Lipinski definition) is 1. The van der Waals surface area contributed by atoms with Crippen molar-refractivity contribution in [3.63, 3.8) is 0 Å². The summed E-state index contributed by atoms with van der Waals surface area (Å²) < 4.78 is 0. The molecule has 0 fully saturated rings. The summed E-state index contributed by atoms with van der Waals surface area (Å²) in [4.78, 5) is 2.53. The van der Waals surface area contributed by atoms with Crippen LogP contribution in [0.25, 0.3) is 10.8 Å². The second-order valence-corrected chi connectivity index (χ2v) is 12.4. The van der Waals surface area contributed by atoms with Gasteiger partial charge in [0.05, 0.1) is 0 Å². The first-order valence-corrected chi connectivity index (χ1v) is 17.7. The Morgan fingerprint density at radius 1 is 0.390 bits per heavy atom. The largest absolute Gasteiger partial charge is 0.341 e. The molecule has 0 aromatic heterocycles. The fourth-order valence-corrected chi connectivity index (χ4v) is 6.32. The molecule has 226 valence electrons. The zero-order chi connectivity index (χ0) is 28.6. The van der Waals surface area contributed by atoms with Crippen molar-refractivity contribution in [3.8, 4) is 0 Å². The predicted molar refractivity (Wildman–Crippen MR) is 185 cm³/mol. The molecule has 3 aromatic carbocycles. The van der Waals surface area contributed by atoms with Gasteiger partial charge in [-0.05, 0) is 30.0 Å². The number of para-hydroxylation sites is 1. The zero-order valence-electron chi connectivity index (χ0n) is 26.6. The van der Waals surface area contributed by atoms with E-state index < -0.39 is 0 Å². The fraction of sp³-hybridized carbons (Fsp3) is 0.600. The van der Waals surface area contributed by atoms with Crippen LogP contribution in [0.3, 0.4) is 0 Å². The van der Waals surface area contributed by atoms with Gasteiger partial charge in [-0.15, -0.1) is 0 Å². The molecule has 0 aliphatic heterocycles. The number of nitrogens with zero attached hydrogens (tertiary/aromatic N) is 1. The quantitative estimate of drug-likeness (QED) is 0.0940. The molecule has 0 heterocycles. The lowest BCUT2D eigenvalue weighted by atomic mass is 10.0. The van der Waals surface area contributed by atoms with Crippen molar-refractivity contribution in [1.29, 1.82) is 0 Å². The molecule has 1 nitrogen and oxygen atoms in total. The lowest BCUT2D eigenvalue weighted by Gasteiger charge is -2.26. The second kappa shape index (κ2) is 22.3. The highest BCUT2D eigenvalue weighted by Gasteiger charge is 2.12. The maximum atomic E-state index is 2.53. The van der Waals surface area contributed by atoms with Gasteiger partial charge in [-0.1, -0.05) is 196 Å². The van der Waals surface area contributed by atoms with Crippen molar-refractivity contribution in [2.45, 2.75) is 148 Å². The number of unbranched alkanes of at least 4 members (excludes halogenated alkanes) is 21. The highest BCUT2D eigenvalue weighted by atomic mass is 15.1. The maximum absolute atomic E-state index is 2.53. The number of hydrogen-bond donors (Lipinski definition) is 0. The van der Waals surface area contributed by atoms with Gasteiger partial charge in [0.25, 0.3) is 0 Å². The molecular formula is C40H61N. The third-order valence-electron chi connectivity index (χ3n) is 8.86. The Morgan fingerprint density at radius 3 is 1.32 bits per heavy atom. The monoisotopic (exact) mass is 555 g/mol. The van der Waals surface area contributed by atoms with Crippen LogP contribution < -0.4 is 4.90 Å². The minimum absolute atomic E-state index is 1.08. The van der Waals surface area contributed by atoms with Crippen molar-refractivity contribution in [1.82, 2.24) is 0 Å². The molecular weight excluding hydrogens is 494 g/mol. The van der Waals surface area contributed by atoms with Crippen LogP contribution in [0.1, 0.15) is 148 Å². The van der Waals surface area contributed by atoms with Crippen molar-refractivity contribution in [3.05, 3.63) is 72.8 Å². The molecule has 0 unspecified atom stereocenters. The predicted octanol–water partition coefficient (Wildman–Crippen LogP) is 13.6. The normalized spacial score (nSPS) is 11.3. The van der Waals surface area contributed by atoms with Crippen molar-refractivity contribution in [2.75, 3.05) is 11.4 Å². The molecule has 0 saturated heterocycles. The van der Waals surface area contributed by atoms with E-state index in [4.69, 9.17) is 0 Å². The van der Waals surface area contributed by atoms with Gasteiger partial charge in [-0.3, -0.25) is 0 Å². The summed E-state index contributed by atoms with van der Waals surface area (Å²) in [6.45, 7) is 3.38. The SMILES string of the molecule is CCCCCCCCCCCCCCCCCCCCCCCCN(c1ccccc1)c1cccc2ccccc12. The molecule has 3 aromatic rings. The minimum Gasteiger partial charge on any atom is -0.341 e. The summed E-state index contributed by atoms with van der Waals surface area (Å²) in [5.41, 5.74) is 2.63. The van der Waals surface area contributed by atoms with E-state index >= 15 is 0 Å². The number of benzene rings is 3. The van der Waals surface area contributed by atoms with Crippen molar-refractivity contribution >= 4 is 22.1 Å². The van der Waals surface area contributed by atoms with Crippen LogP contribution in [0, 0.1) is 0 Å². The van der Waals surface area contributed by atoms with E-state index in [1.807, 2.05) is 0 Å². The minimum atomic E-state index is 1.08. The Bertz CT molecular complexity index is 1000. The average molecular weight is 556 g/mol. The lowest BCUT2D eigenvalue weighted by molar-refractivity contribution is 0.519. The van der Waals surface area contributed by atoms with Crippen LogP contribution in [-0.4, -0.2) is 6.54 Å². The Labute approximate surface area is 254 Å². The van der Waals surface area contributed by atoms with Gasteiger partial charge >= 0.3 is 0 Å². The molecule has 0 saturated carbocycles. The van der Waals surface area contributed by atoms with E-state index in [1.54, 1.807) is 0 Å². The third kappa shape index (κ3) is 14.0. The van der Waals surface area contributed by atoms with Gasteiger partial charge < -0.3 is 4.90 Å². The highest BCUT2D eigenvalue weighted by molar-refractivity contribution is 5.96. The van der Waals surface area contributed by atoms with Gasteiger partial charge in [0.1, 0.15) is 0 Å². The van der Waals surface area contributed by atoms with Crippen LogP contribution >= 0.6 is 0 Å². The first-order chi connectivity index (χ1) is 20.4. The molecule has 1 heteroatoms. The summed E-state index contributed by atoms with van der Waals surface area (Å²) >= 11 is 0. The van der Waals surface area contributed by atoms with E-state index in [0.29, 0.717) is 0 Å². The lowest BCUT2D eigenvalue weighted by Crippen LogP contribution is -2.18. The van der Waals surface area contributed by atoms with Crippen LogP contribution in [0.4, 0.5) is 11.4 Å². The van der Waals surface area contributed by atoms with Gasteiger partial charge in [-0.25, -0.2) is 0 Å². The van der Waals surface area contributed by atoms with Gasteiger partial charge in [0, 0.05) is 23.3 Å². The standard InChI is InChI=1S/C40H61N/c1-2-3-4-5-6-7-8-9-10-11-12-13-14-15-16-17-18-19-20-21-22-28-36-41(38-32-24-23-25-33-38)40-35-29-31-37-30-26-27-34-39(37)40/h23-27,29-35H,2-22,28,36H2,1H3. The molecule has 0 aliphatic carbocycles. The van der Waals surface area contributed by atoms with E-state index in [0.717, 1.165) is 6.54 Å². The Hall–Kier alpha value is -2.28. The molecule has 0 N–H and O–H groups in total. The molecule has 0 radical (unpaired) electrons. The smallest absolute Gasteiger partial charge is 0.0490 e. The van der Waals surface area contributed by atoms with Crippen molar-refractivity contribution in [2.24, 2.45) is 0 Å². The summed E-state index contributed by atoms with van der Waals surface area (Å²) in [5.74, 6) is 0. The van der Waals surface area contributed by atoms with E-state index in [-0.39, 0.29) is 0 Å². The summed E-state index contributed by atoms with van der Waals surface area (Å²) in [5, 5.41) is 2.66.